The maximum absolute atomic E-state index is 13.6. The Morgan fingerprint density at radius 3 is 2.90 bits per heavy atom. The summed E-state index contributed by atoms with van der Waals surface area (Å²) in [6.07, 6.45) is 2.85. The molecule has 0 saturated carbocycles. The molecule has 112 valence electrons. The monoisotopic (exact) mass is 287 g/mol. The molecule has 0 radical (unpaired) electrons. The minimum Gasteiger partial charge on any atom is -0.481 e. The molecular weight excluding hydrogens is 268 g/mol. The molecule has 7 heteroatoms. The van der Waals surface area contributed by atoms with Gasteiger partial charge in [0.1, 0.15) is 5.82 Å². The van der Waals surface area contributed by atoms with Crippen molar-refractivity contribution in [3.05, 3.63) is 18.2 Å². The molecule has 1 aliphatic rings. The van der Waals surface area contributed by atoms with E-state index in [0.29, 0.717) is 5.82 Å². The summed E-state index contributed by atoms with van der Waals surface area (Å²) in [6.45, 7) is 3.92. The van der Waals surface area contributed by atoms with Crippen LogP contribution in [0.5, 0.6) is 0 Å². The number of rotatable bonds is 4. The van der Waals surface area contributed by atoms with Crippen LogP contribution in [0, 0.1) is 5.92 Å². The number of hydrogen-bond acceptors (Lipinski definition) is 3. The molecule has 1 saturated heterocycles. The minimum atomic E-state index is -2.96. The Morgan fingerprint density at radius 1 is 1.60 bits per heavy atom. The van der Waals surface area contributed by atoms with Gasteiger partial charge in [0.2, 0.25) is 0 Å². The summed E-state index contributed by atoms with van der Waals surface area (Å²) in [4.78, 5) is 16.6. The highest BCUT2D eigenvalue weighted by Crippen LogP contribution is 2.31. The number of carbonyl (C=O) groups is 1. The fourth-order valence-electron chi connectivity index (χ4n) is 2.62. The van der Waals surface area contributed by atoms with Crippen LogP contribution in [0.1, 0.15) is 32.1 Å². The second-order valence-electron chi connectivity index (χ2n) is 5.61. The summed E-state index contributed by atoms with van der Waals surface area (Å²) in [5.41, 5.74) is 0. The Balaban J connectivity index is 2.11. The van der Waals surface area contributed by atoms with Crippen molar-refractivity contribution < 1.29 is 18.7 Å². The fourth-order valence-corrected chi connectivity index (χ4v) is 2.62. The maximum Gasteiger partial charge on any atom is 0.308 e. The number of hydrogen-bond donors (Lipinski definition) is 1. The summed E-state index contributed by atoms with van der Waals surface area (Å²) in [7, 11) is 0. The molecule has 0 aromatic carbocycles. The zero-order chi connectivity index (χ0) is 14.9. The standard InChI is InChI=1S/C13H19F2N3O2/c1-9(2)18-4-3-16-11(18)7-17-6-10(12(19)20)5-13(14,15)8-17/h3-4,9-10H,5-8H2,1-2H3,(H,19,20). The van der Waals surface area contributed by atoms with Gasteiger partial charge in [-0.25, -0.2) is 13.8 Å². The van der Waals surface area contributed by atoms with Crippen LogP contribution in [-0.2, 0) is 11.3 Å². The van der Waals surface area contributed by atoms with E-state index in [2.05, 4.69) is 4.98 Å². The molecule has 0 spiro atoms. The molecule has 2 heterocycles. The van der Waals surface area contributed by atoms with Gasteiger partial charge in [-0.15, -0.1) is 0 Å². The van der Waals surface area contributed by atoms with E-state index >= 15 is 0 Å². The Hall–Kier alpha value is -1.50. The highest BCUT2D eigenvalue weighted by molar-refractivity contribution is 5.70. The summed E-state index contributed by atoms with van der Waals surface area (Å²) in [5, 5.41) is 8.98. The molecule has 1 N–H and O–H groups in total. The van der Waals surface area contributed by atoms with Gasteiger partial charge in [-0.3, -0.25) is 9.69 Å². The highest BCUT2D eigenvalue weighted by Gasteiger charge is 2.43. The summed E-state index contributed by atoms with van der Waals surface area (Å²) < 4.78 is 29.1. The summed E-state index contributed by atoms with van der Waals surface area (Å²) in [5.74, 6) is -4.47. The lowest BCUT2D eigenvalue weighted by molar-refractivity contribution is -0.153. The average Bonchev–Trinajstić information content (AvgIpc) is 2.74. The van der Waals surface area contributed by atoms with Crippen molar-refractivity contribution >= 4 is 5.97 Å². The first kappa shape index (κ1) is 14.9. The molecule has 0 bridgehead atoms. The SMILES string of the molecule is CC(C)n1ccnc1CN1CC(C(=O)O)CC(F)(F)C1. The minimum absolute atomic E-state index is 0.135. The Kier molecular flexibility index (Phi) is 4.08. The topological polar surface area (TPSA) is 58.4 Å². The second kappa shape index (κ2) is 5.47. The van der Waals surface area contributed by atoms with Crippen molar-refractivity contribution in [1.82, 2.24) is 14.5 Å². The quantitative estimate of drug-likeness (QED) is 0.920. The Bertz CT molecular complexity index is 488. The fraction of sp³-hybridized carbons (Fsp3) is 0.692. The van der Waals surface area contributed by atoms with Crippen LogP contribution in [0.3, 0.4) is 0 Å². The van der Waals surface area contributed by atoms with E-state index < -0.39 is 30.8 Å². The average molecular weight is 287 g/mol. The van der Waals surface area contributed by atoms with E-state index in [-0.39, 0.29) is 19.1 Å². The summed E-state index contributed by atoms with van der Waals surface area (Å²) >= 11 is 0. The molecule has 0 amide bonds. The van der Waals surface area contributed by atoms with E-state index in [1.54, 1.807) is 12.4 Å². The van der Waals surface area contributed by atoms with Gasteiger partial charge in [-0.05, 0) is 13.8 Å². The van der Waals surface area contributed by atoms with Crippen LogP contribution in [0.2, 0.25) is 0 Å². The third-order valence-corrected chi connectivity index (χ3v) is 3.50. The van der Waals surface area contributed by atoms with E-state index in [1.807, 2.05) is 18.4 Å². The number of halogens is 2. The molecule has 1 fully saturated rings. The molecule has 0 aliphatic carbocycles. The number of nitrogens with zero attached hydrogens (tertiary/aromatic N) is 3. The van der Waals surface area contributed by atoms with Gasteiger partial charge >= 0.3 is 5.97 Å². The van der Waals surface area contributed by atoms with Crippen LogP contribution in [0.25, 0.3) is 0 Å². The van der Waals surface area contributed by atoms with Gasteiger partial charge < -0.3 is 9.67 Å². The van der Waals surface area contributed by atoms with Gasteiger partial charge in [0.05, 0.1) is 19.0 Å². The lowest BCUT2D eigenvalue weighted by Crippen LogP contribution is -2.48. The van der Waals surface area contributed by atoms with Crippen LogP contribution in [0.15, 0.2) is 12.4 Å². The molecule has 2 rings (SSSR count). The molecule has 1 aromatic heterocycles. The predicted molar refractivity (Wildman–Crippen MR) is 68.6 cm³/mol. The van der Waals surface area contributed by atoms with E-state index in [0.717, 1.165) is 0 Å². The van der Waals surface area contributed by atoms with Crippen molar-refractivity contribution in [2.24, 2.45) is 5.92 Å². The maximum atomic E-state index is 13.6. The van der Waals surface area contributed by atoms with Crippen LogP contribution >= 0.6 is 0 Å². The Morgan fingerprint density at radius 2 is 2.30 bits per heavy atom. The first-order chi connectivity index (χ1) is 9.28. The number of carboxylic acid groups (broad SMARTS) is 1. The van der Waals surface area contributed by atoms with Gasteiger partial charge in [0.25, 0.3) is 5.92 Å². The Labute approximate surface area is 116 Å². The number of carboxylic acids is 1. The molecular formula is C13H19F2N3O2. The van der Waals surface area contributed by atoms with Crippen molar-refractivity contribution in [3.8, 4) is 0 Å². The van der Waals surface area contributed by atoms with E-state index in [1.165, 1.54) is 4.90 Å². The first-order valence-electron chi connectivity index (χ1n) is 6.63. The van der Waals surface area contributed by atoms with Crippen molar-refractivity contribution in [2.75, 3.05) is 13.1 Å². The zero-order valence-electron chi connectivity index (χ0n) is 11.6. The lowest BCUT2D eigenvalue weighted by Gasteiger charge is -2.35. The summed E-state index contributed by atoms with van der Waals surface area (Å²) in [6, 6.07) is 0.188. The van der Waals surface area contributed by atoms with Crippen molar-refractivity contribution in [3.63, 3.8) is 0 Å². The smallest absolute Gasteiger partial charge is 0.308 e. The van der Waals surface area contributed by atoms with Gasteiger partial charge in [0.15, 0.2) is 0 Å². The van der Waals surface area contributed by atoms with Crippen molar-refractivity contribution in [2.45, 2.75) is 38.8 Å². The highest BCUT2D eigenvalue weighted by atomic mass is 19.3. The van der Waals surface area contributed by atoms with Crippen molar-refractivity contribution in [1.29, 1.82) is 0 Å². The molecule has 1 unspecified atom stereocenters. The molecule has 20 heavy (non-hydrogen) atoms. The second-order valence-corrected chi connectivity index (χ2v) is 5.61. The van der Waals surface area contributed by atoms with Crippen LogP contribution in [-0.4, -0.2) is 44.5 Å². The lowest BCUT2D eigenvalue weighted by atomic mass is 9.95. The van der Waals surface area contributed by atoms with E-state index in [9.17, 15) is 13.6 Å². The molecule has 1 aliphatic heterocycles. The number of piperidine rings is 1. The third-order valence-electron chi connectivity index (χ3n) is 3.50. The van der Waals surface area contributed by atoms with Gasteiger partial charge in [-0.2, -0.15) is 0 Å². The third kappa shape index (κ3) is 3.33. The number of alkyl halides is 2. The van der Waals surface area contributed by atoms with Crippen LogP contribution in [0.4, 0.5) is 8.78 Å². The number of imidazole rings is 1. The van der Waals surface area contributed by atoms with E-state index in [4.69, 9.17) is 5.11 Å². The molecule has 1 atom stereocenters. The largest absolute Gasteiger partial charge is 0.481 e. The zero-order valence-corrected chi connectivity index (χ0v) is 11.6. The number of likely N-dealkylation sites (tertiary alicyclic amines) is 1. The van der Waals surface area contributed by atoms with Gasteiger partial charge in [0, 0.05) is 31.4 Å². The number of aromatic nitrogens is 2. The first-order valence-corrected chi connectivity index (χ1v) is 6.63. The van der Waals surface area contributed by atoms with Gasteiger partial charge in [-0.1, -0.05) is 0 Å². The molecule has 1 aromatic rings. The van der Waals surface area contributed by atoms with Crippen LogP contribution < -0.4 is 0 Å². The molecule has 5 nitrogen and oxygen atoms in total. The normalized spacial score (nSPS) is 23.1. The predicted octanol–water partition coefficient (Wildman–Crippen LogP) is 2.01. The number of aliphatic carboxylic acids is 1.